The summed E-state index contributed by atoms with van der Waals surface area (Å²) in [5.41, 5.74) is 2.11. The molecule has 1 heterocycles. The average molecular weight is 266 g/mol. The summed E-state index contributed by atoms with van der Waals surface area (Å²) in [6, 6.07) is 5.80. The van der Waals surface area contributed by atoms with Crippen molar-refractivity contribution in [2.75, 3.05) is 13.7 Å². The van der Waals surface area contributed by atoms with E-state index in [4.69, 9.17) is 16.3 Å². The normalized spacial score (nSPS) is 10.6. The maximum absolute atomic E-state index is 6.05. The van der Waals surface area contributed by atoms with Crippen LogP contribution in [0.3, 0.4) is 0 Å². The minimum atomic E-state index is 0.694. The van der Waals surface area contributed by atoms with E-state index in [0.717, 1.165) is 30.1 Å². The molecule has 0 spiro atoms. The molecule has 0 aliphatic rings. The van der Waals surface area contributed by atoms with E-state index in [1.807, 2.05) is 24.4 Å². The minimum Gasteiger partial charge on any atom is -0.493 e. The number of aromatic nitrogens is 2. The highest BCUT2D eigenvalue weighted by Gasteiger charge is 2.07. The molecule has 2 aromatic rings. The number of ether oxygens (including phenoxy) is 1. The first-order valence-corrected chi connectivity index (χ1v) is 6.20. The summed E-state index contributed by atoms with van der Waals surface area (Å²) in [4.78, 5) is 0. The van der Waals surface area contributed by atoms with Crippen LogP contribution in [0.1, 0.15) is 12.5 Å². The smallest absolute Gasteiger partial charge is 0.157 e. The van der Waals surface area contributed by atoms with Gasteiger partial charge in [-0.3, -0.25) is 0 Å². The van der Waals surface area contributed by atoms with Crippen LogP contribution in [0, 0.1) is 0 Å². The second-order valence-electron chi connectivity index (χ2n) is 3.88. The van der Waals surface area contributed by atoms with Gasteiger partial charge in [-0.1, -0.05) is 24.6 Å². The third kappa shape index (κ3) is 2.83. The number of halogens is 1. The lowest BCUT2D eigenvalue weighted by Crippen LogP contribution is -2.14. The summed E-state index contributed by atoms with van der Waals surface area (Å²) in [5, 5.41) is 8.27. The Morgan fingerprint density at radius 3 is 2.94 bits per heavy atom. The van der Waals surface area contributed by atoms with Gasteiger partial charge in [0.05, 0.1) is 25.2 Å². The van der Waals surface area contributed by atoms with Crippen molar-refractivity contribution < 1.29 is 4.74 Å². The fraction of sp³-hybridized carbons (Fsp3) is 0.308. The summed E-state index contributed by atoms with van der Waals surface area (Å²) in [7, 11) is 1.62. The Balaban J connectivity index is 2.37. The van der Waals surface area contributed by atoms with Crippen LogP contribution in [0.15, 0.2) is 30.6 Å². The second kappa shape index (κ2) is 5.89. The van der Waals surface area contributed by atoms with Crippen molar-refractivity contribution in [3.05, 3.63) is 41.2 Å². The lowest BCUT2D eigenvalue weighted by atomic mass is 10.2. The van der Waals surface area contributed by atoms with Crippen LogP contribution in [-0.4, -0.2) is 23.4 Å². The number of benzene rings is 1. The number of hydrogen-bond acceptors (Lipinski definition) is 3. The molecule has 4 nitrogen and oxygen atoms in total. The zero-order valence-corrected chi connectivity index (χ0v) is 11.2. The molecule has 1 aromatic carbocycles. The van der Waals surface area contributed by atoms with Gasteiger partial charge in [-0.05, 0) is 24.2 Å². The van der Waals surface area contributed by atoms with Crippen molar-refractivity contribution in [1.29, 1.82) is 0 Å². The molecule has 0 atom stereocenters. The lowest BCUT2D eigenvalue weighted by molar-refractivity contribution is 0.414. The molecule has 96 valence electrons. The molecule has 18 heavy (non-hydrogen) atoms. The molecule has 0 radical (unpaired) electrons. The van der Waals surface area contributed by atoms with Gasteiger partial charge >= 0.3 is 0 Å². The molecule has 0 aliphatic heterocycles. The van der Waals surface area contributed by atoms with E-state index in [1.54, 1.807) is 18.0 Å². The number of hydrogen-bond donors (Lipinski definition) is 1. The van der Waals surface area contributed by atoms with Gasteiger partial charge in [-0.15, -0.1) is 0 Å². The molecule has 0 aliphatic carbocycles. The summed E-state index contributed by atoms with van der Waals surface area (Å²) < 4.78 is 6.91. The van der Waals surface area contributed by atoms with E-state index in [2.05, 4.69) is 17.3 Å². The Kier molecular flexibility index (Phi) is 4.23. The van der Waals surface area contributed by atoms with E-state index in [-0.39, 0.29) is 0 Å². The zero-order chi connectivity index (χ0) is 13.0. The number of rotatable bonds is 5. The van der Waals surface area contributed by atoms with Crippen LogP contribution in [0.25, 0.3) is 5.69 Å². The fourth-order valence-electron chi connectivity index (χ4n) is 1.70. The van der Waals surface area contributed by atoms with Crippen LogP contribution in [0.2, 0.25) is 5.02 Å². The van der Waals surface area contributed by atoms with Gasteiger partial charge in [0.1, 0.15) is 0 Å². The van der Waals surface area contributed by atoms with Gasteiger partial charge in [0.25, 0.3) is 0 Å². The van der Waals surface area contributed by atoms with Crippen molar-refractivity contribution in [1.82, 2.24) is 15.1 Å². The topological polar surface area (TPSA) is 39.1 Å². The van der Waals surface area contributed by atoms with Crippen molar-refractivity contribution in [3.63, 3.8) is 0 Å². The summed E-state index contributed by atoms with van der Waals surface area (Å²) in [6.45, 7) is 3.78. The van der Waals surface area contributed by atoms with Gasteiger partial charge < -0.3 is 10.1 Å². The number of methoxy groups -OCH3 is 1. The van der Waals surface area contributed by atoms with Crippen LogP contribution in [0.5, 0.6) is 5.75 Å². The molecule has 0 amide bonds. The van der Waals surface area contributed by atoms with Gasteiger partial charge in [0.15, 0.2) is 5.75 Å². The molecule has 0 fully saturated rings. The highest BCUT2D eigenvalue weighted by molar-refractivity contribution is 6.30. The van der Waals surface area contributed by atoms with Crippen LogP contribution in [0.4, 0.5) is 0 Å². The van der Waals surface area contributed by atoms with E-state index in [1.165, 1.54) is 0 Å². The molecule has 0 bridgehead atoms. The second-order valence-corrected chi connectivity index (χ2v) is 4.31. The SMILES string of the molecule is CCNCc1ccc(Cl)cc1-n1cc(OC)cn1. The fourth-order valence-corrected chi connectivity index (χ4v) is 1.87. The first kappa shape index (κ1) is 12.9. The number of nitrogens with one attached hydrogen (secondary N) is 1. The Hall–Kier alpha value is -1.52. The van der Waals surface area contributed by atoms with Crippen molar-refractivity contribution >= 4 is 11.6 Å². The van der Waals surface area contributed by atoms with E-state index < -0.39 is 0 Å². The average Bonchev–Trinajstić information content (AvgIpc) is 2.86. The first-order chi connectivity index (χ1) is 8.74. The van der Waals surface area contributed by atoms with Crippen molar-refractivity contribution in [2.24, 2.45) is 0 Å². The third-order valence-corrected chi connectivity index (χ3v) is 2.89. The molecular formula is C13H16ClN3O. The molecule has 0 saturated carbocycles. The summed E-state index contributed by atoms with van der Waals surface area (Å²) in [6.07, 6.45) is 3.51. The molecule has 0 unspecified atom stereocenters. The Bertz CT molecular complexity index is 525. The van der Waals surface area contributed by atoms with Gasteiger partial charge in [-0.25, -0.2) is 4.68 Å². The minimum absolute atomic E-state index is 0.694. The third-order valence-electron chi connectivity index (χ3n) is 2.65. The maximum Gasteiger partial charge on any atom is 0.157 e. The zero-order valence-electron chi connectivity index (χ0n) is 10.5. The molecule has 0 saturated heterocycles. The van der Waals surface area contributed by atoms with E-state index in [0.29, 0.717) is 5.02 Å². The maximum atomic E-state index is 6.05. The Morgan fingerprint density at radius 2 is 2.28 bits per heavy atom. The van der Waals surface area contributed by atoms with E-state index in [9.17, 15) is 0 Å². The number of nitrogens with zero attached hydrogens (tertiary/aromatic N) is 2. The highest BCUT2D eigenvalue weighted by Crippen LogP contribution is 2.21. The van der Waals surface area contributed by atoms with Crippen LogP contribution < -0.4 is 10.1 Å². The molecule has 2 rings (SSSR count). The highest BCUT2D eigenvalue weighted by atomic mass is 35.5. The molecule has 1 N–H and O–H groups in total. The molecule has 5 heteroatoms. The Morgan fingerprint density at radius 1 is 1.44 bits per heavy atom. The van der Waals surface area contributed by atoms with Gasteiger partial charge in [-0.2, -0.15) is 5.10 Å². The van der Waals surface area contributed by atoms with Crippen molar-refractivity contribution in [3.8, 4) is 11.4 Å². The molecule has 1 aromatic heterocycles. The monoisotopic (exact) mass is 265 g/mol. The standard InChI is InChI=1S/C13H16ClN3O/c1-3-15-7-10-4-5-11(14)6-13(10)17-9-12(18-2)8-16-17/h4-6,8-9,15H,3,7H2,1-2H3. The largest absolute Gasteiger partial charge is 0.493 e. The molecular weight excluding hydrogens is 250 g/mol. The summed E-state index contributed by atoms with van der Waals surface area (Å²) in [5.74, 6) is 0.726. The van der Waals surface area contributed by atoms with Crippen molar-refractivity contribution in [2.45, 2.75) is 13.5 Å². The first-order valence-electron chi connectivity index (χ1n) is 5.82. The van der Waals surface area contributed by atoms with Gasteiger partial charge in [0.2, 0.25) is 0 Å². The van der Waals surface area contributed by atoms with Crippen LogP contribution >= 0.6 is 11.6 Å². The van der Waals surface area contributed by atoms with E-state index >= 15 is 0 Å². The Labute approximate surface area is 112 Å². The quantitative estimate of drug-likeness (QED) is 0.903. The predicted octanol–water partition coefficient (Wildman–Crippen LogP) is 2.64. The summed E-state index contributed by atoms with van der Waals surface area (Å²) >= 11 is 6.05. The van der Waals surface area contributed by atoms with Crippen LogP contribution in [-0.2, 0) is 6.54 Å². The van der Waals surface area contributed by atoms with Gasteiger partial charge in [0, 0.05) is 11.6 Å². The predicted molar refractivity (Wildman–Crippen MR) is 72.5 cm³/mol. The lowest BCUT2D eigenvalue weighted by Gasteiger charge is -2.10.